The van der Waals surface area contributed by atoms with E-state index in [0.717, 1.165) is 11.6 Å². The van der Waals surface area contributed by atoms with Crippen molar-refractivity contribution in [3.63, 3.8) is 0 Å². The van der Waals surface area contributed by atoms with E-state index in [-0.39, 0.29) is 16.3 Å². The number of benzene rings is 2. The van der Waals surface area contributed by atoms with Crippen molar-refractivity contribution in [1.29, 1.82) is 0 Å². The Hall–Kier alpha value is -2.30. The average molecular weight is 412 g/mol. The minimum absolute atomic E-state index is 0.0376. The summed E-state index contributed by atoms with van der Waals surface area (Å²) in [7, 11) is -7.28. The van der Waals surface area contributed by atoms with Crippen LogP contribution in [0.25, 0.3) is 0 Å². The Kier molecular flexibility index (Phi) is 7.05. The van der Waals surface area contributed by atoms with Crippen molar-refractivity contribution in [2.75, 3.05) is 18.6 Å². The third-order valence-electron chi connectivity index (χ3n) is 3.51. The molecule has 0 fully saturated rings. The lowest BCUT2D eigenvalue weighted by atomic mass is 10.2. The van der Waals surface area contributed by atoms with Crippen LogP contribution in [0.15, 0.2) is 63.3 Å². The van der Waals surface area contributed by atoms with Gasteiger partial charge in [0.15, 0.2) is 0 Å². The molecule has 0 N–H and O–H groups in total. The van der Waals surface area contributed by atoms with Crippen LogP contribution in [0.4, 0.5) is 5.69 Å². The smallest absolute Gasteiger partial charge is 0.290 e. The Morgan fingerprint density at radius 1 is 1.07 bits per heavy atom. The standard InChI is InChI=1S/C17H20N2O6S2/c1-26(22,12-6-11-25-14-15-7-3-2-4-8-15)18-27(23,24)17-10-5-9-16(13-17)19(20)21/h2-5,7-10,13H,6,11-12,14H2,1H3/t26-/m0/s1. The number of ether oxygens (including phenoxy) is 1. The molecule has 8 nitrogen and oxygen atoms in total. The Bertz CT molecular complexity index is 1010. The second-order valence-corrected chi connectivity index (χ2v) is 10.2. The van der Waals surface area contributed by atoms with E-state index in [1.165, 1.54) is 24.5 Å². The molecular weight excluding hydrogens is 392 g/mol. The van der Waals surface area contributed by atoms with Crippen molar-refractivity contribution in [1.82, 2.24) is 0 Å². The quantitative estimate of drug-likeness (QED) is 0.355. The molecule has 0 aliphatic carbocycles. The second kappa shape index (κ2) is 9.07. The zero-order valence-corrected chi connectivity index (χ0v) is 16.3. The molecule has 0 saturated carbocycles. The van der Waals surface area contributed by atoms with Crippen molar-refractivity contribution in [3.8, 4) is 0 Å². The topological polar surface area (TPSA) is 116 Å². The highest BCUT2D eigenvalue weighted by molar-refractivity contribution is 8.02. The summed E-state index contributed by atoms with van der Waals surface area (Å²) in [5.74, 6) is 0.0376. The molecule has 10 heteroatoms. The maximum atomic E-state index is 12.5. The lowest BCUT2D eigenvalue weighted by Gasteiger charge is -2.06. The van der Waals surface area contributed by atoms with Crippen molar-refractivity contribution in [2.24, 2.45) is 3.77 Å². The number of hydrogen-bond donors (Lipinski definition) is 0. The highest BCUT2D eigenvalue weighted by Gasteiger charge is 2.19. The van der Waals surface area contributed by atoms with Crippen LogP contribution in [0.3, 0.4) is 0 Å². The van der Waals surface area contributed by atoms with E-state index in [4.69, 9.17) is 4.74 Å². The number of non-ortho nitro benzene ring substituents is 1. The van der Waals surface area contributed by atoms with Crippen LogP contribution < -0.4 is 0 Å². The largest absolute Gasteiger partial charge is 0.377 e. The number of sulfonamides is 1. The predicted molar refractivity (Wildman–Crippen MR) is 102 cm³/mol. The molecule has 1 atom stereocenters. The van der Waals surface area contributed by atoms with Crippen LogP contribution in [-0.2, 0) is 31.1 Å². The number of nitro groups is 1. The second-order valence-electron chi connectivity index (χ2n) is 5.86. The maximum Gasteiger partial charge on any atom is 0.290 e. The van der Waals surface area contributed by atoms with Gasteiger partial charge in [0.05, 0.1) is 26.2 Å². The lowest BCUT2D eigenvalue weighted by molar-refractivity contribution is -0.385. The van der Waals surface area contributed by atoms with Gasteiger partial charge in [-0.1, -0.05) is 36.4 Å². The van der Waals surface area contributed by atoms with E-state index in [1.54, 1.807) is 0 Å². The minimum Gasteiger partial charge on any atom is -0.377 e. The van der Waals surface area contributed by atoms with E-state index < -0.39 is 24.7 Å². The van der Waals surface area contributed by atoms with Gasteiger partial charge < -0.3 is 4.74 Å². The van der Waals surface area contributed by atoms with Crippen molar-refractivity contribution in [2.45, 2.75) is 17.9 Å². The molecular formula is C17H20N2O6S2. The van der Waals surface area contributed by atoms with Crippen LogP contribution in [-0.4, -0.2) is 36.2 Å². The first kappa shape index (κ1) is 21.0. The molecule has 0 bridgehead atoms. The van der Waals surface area contributed by atoms with E-state index in [9.17, 15) is 22.7 Å². The average Bonchev–Trinajstić information content (AvgIpc) is 2.61. The van der Waals surface area contributed by atoms with Gasteiger partial charge in [0.2, 0.25) is 0 Å². The number of hydrogen-bond acceptors (Lipinski definition) is 6. The van der Waals surface area contributed by atoms with E-state index >= 15 is 0 Å². The van der Waals surface area contributed by atoms with E-state index in [2.05, 4.69) is 3.77 Å². The summed E-state index contributed by atoms with van der Waals surface area (Å²) in [5, 5.41) is 10.8. The predicted octanol–water partition coefficient (Wildman–Crippen LogP) is 2.99. The van der Waals surface area contributed by atoms with Gasteiger partial charge in [-0.05, 0) is 18.1 Å². The van der Waals surface area contributed by atoms with Crippen LogP contribution in [0.2, 0.25) is 0 Å². The highest BCUT2D eigenvalue weighted by Crippen LogP contribution is 2.20. The molecule has 0 heterocycles. The summed E-state index contributed by atoms with van der Waals surface area (Å²) < 4.78 is 46.1. The molecule has 2 rings (SSSR count). The van der Waals surface area contributed by atoms with Crippen molar-refractivity contribution < 1.29 is 22.3 Å². The van der Waals surface area contributed by atoms with E-state index in [0.29, 0.717) is 19.6 Å². The zero-order valence-electron chi connectivity index (χ0n) is 14.7. The molecule has 2 aromatic carbocycles. The summed E-state index contributed by atoms with van der Waals surface area (Å²) in [5.41, 5.74) is 0.635. The lowest BCUT2D eigenvalue weighted by Crippen LogP contribution is -2.10. The number of nitrogens with zero attached hydrogens (tertiary/aromatic N) is 2. The van der Waals surface area contributed by atoms with Crippen LogP contribution in [0.1, 0.15) is 12.0 Å². The summed E-state index contributed by atoms with van der Waals surface area (Å²) >= 11 is 0. The fraction of sp³-hybridized carbons (Fsp3) is 0.294. The summed E-state index contributed by atoms with van der Waals surface area (Å²) in [6.45, 7) is 0.723. The maximum absolute atomic E-state index is 12.5. The van der Waals surface area contributed by atoms with Gasteiger partial charge in [-0.2, -0.15) is 8.42 Å². The van der Waals surface area contributed by atoms with Gasteiger partial charge >= 0.3 is 0 Å². The van der Waals surface area contributed by atoms with Gasteiger partial charge in [0.25, 0.3) is 15.7 Å². The summed E-state index contributed by atoms with van der Waals surface area (Å²) in [6.07, 6.45) is 1.62. The zero-order chi connectivity index (χ0) is 19.9. The molecule has 0 saturated heterocycles. The molecule has 0 aromatic heterocycles. The first-order chi connectivity index (χ1) is 12.7. The Balaban J connectivity index is 1.98. The Morgan fingerprint density at radius 2 is 1.78 bits per heavy atom. The minimum atomic E-state index is -4.26. The van der Waals surface area contributed by atoms with Crippen LogP contribution in [0, 0.1) is 10.1 Å². The fourth-order valence-electron chi connectivity index (χ4n) is 2.24. The van der Waals surface area contributed by atoms with Gasteiger partial charge in [-0.25, -0.2) is 4.21 Å². The summed E-state index contributed by atoms with van der Waals surface area (Å²) in [6, 6.07) is 14.0. The van der Waals surface area contributed by atoms with Crippen molar-refractivity contribution in [3.05, 3.63) is 70.3 Å². The molecule has 0 unspecified atom stereocenters. The Labute approximate surface area is 158 Å². The highest BCUT2D eigenvalue weighted by atomic mass is 32.3. The van der Waals surface area contributed by atoms with Crippen LogP contribution >= 0.6 is 0 Å². The van der Waals surface area contributed by atoms with Crippen LogP contribution in [0.5, 0.6) is 0 Å². The third-order valence-corrected chi connectivity index (χ3v) is 7.45. The van der Waals surface area contributed by atoms with Gasteiger partial charge in [0.1, 0.15) is 0 Å². The van der Waals surface area contributed by atoms with E-state index in [1.807, 2.05) is 30.3 Å². The molecule has 0 radical (unpaired) electrons. The normalized spacial score (nSPS) is 13.7. The van der Waals surface area contributed by atoms with Crippen molar-refractivity contribution >= 4 is 25.4 Å². The number of rotatable bonds is 9. The molecule has 0 amide bonds. The van der Waals surface area contributed by atoms with Gasteiger partial charge in [-0.3, -0.25) is 10.1 Å². The van der Waals surface area contributed by atoms with Gasteiger partial charge in [-0.15, -0.1) is 3.77 Å². The first-order valence-corrected chi connectivity index (χ1v) is 11.6. The number of nitro benzene ring substituents is 1. The third kappa shape index (κ3) is 6.74. The molecule has 0 aliphatic heterocycles. The monoisotopic (exact) mass is 412 g/mol. The molecule has 27 heavy (non-hydrogen) atoms. The van der Waals surface area contributed by atoms with Gasteiger partial charge in [0, 0.05) is 30.7 Å². The summed E-state index contributed by atoms with van der Waals surface area (Å²) in [4.78, 5) is 9.72. The molecule has 0 spiro atoms. The fourth-order valence-corrected chi connectivity index (χ4v) is 5.72. The Morgan fingerprint density at radius 3 is 2.44 bits per heavy atom. The SMILES string of the molecule is C[S@](=O)(CCCOCc1ccccc1)=NS(=O)(=O)c1cccc([N+](=O)[O-])c1. The first-order valence-electron chi connectivity index (χ1n) is 8.02. The molecule has 146 valence electrons. The molecule has 0 aliphatic rings. The molecule has 2 aromatic rings.